The zero-order valence-corrected chi connectivity index (χ0v) is 16.1. The van der Waals surface area contributed by atoms with Gasteiger partial charge in [0, 0.05) is 23.7 Å². The molecule has 108 valence electrons. The van der Waals surface area contributed by atoms with Crippen LogP contribution >= 0.6 is 54.8 Å². The fourth-order valence-corrected chi connectivity index (χ4v) is 4.95. The minimum atomic E-state index is 0.176. The van der Waals surface area contributed by atoms with Crippen LogP contribution in [0.5, 0.6) is 0 Å². The summed E-state index contributed by atoms with van der Waals surface area (Å²) in [6, 6.07) is 8.32. The molecule has 0 aliphatic carbocycles. The zero-order valence-electron chi connectivity index (χ0n) is 11.3. The van der Waals surface area contributed by atoms with Crippen LogP contribution < -0.4 is 5.32 Å². The van der Waals surface area contributed by atoms with Crippen LogP contribution in [0.4, 0.5) is 0 Å². The molecule has 5 heteroatoms. The van der Waals surface area contributed by atoms with Gasteiger partial charge in [0.05, 0.1) is 6.04 Å². The van der Waals surface area contributed by atoms with Gasteiger partial charge < -0.3 is 5.32 Å². The fraction of sp³-hybridized carbons (Fsp3) is 0.333. The molecule has 0 aliphatic heterocycles. The van der Waals surface area contributed by atoms with Crippen molar-refractivity contribution in [2.24, 2.45) is 0 Å². The van der Waals surface area contributed by atoms with E-state index in [1.165, 1.54) is 15.3 Å². The van der Waals surface area contributed by atoms with Gasteiger partial charge in [-0.15, -0.1) is 11.3 Å². The van der Waals surface area contributed by atoms with E-state index in [-0.39, 0.29) is 6.04 Å². The molecule has 1 N–H and O–H groups in total. The third-order valence-electron chi connectivity index (χ3n) is 2.97. The number of hydrogen-bond donors (Lipinski definition) is 1. The Balaban J connectivity index is 2.44. The number of rotatable bonds is 5. The standard InChI is InChI=1S/C15H16Br2ClNS/c1-3-6-19-14(15-13(17)7-9(2)20-15)11-5-4-10(18)8-12(11)16/h4-5,7-8,14,19H,3,6H2,1-2H3. The average molecular weight is 438 g/mol. The first kappa shape index (κ1) is 16.5. The van der Waals surface area contributed by atoms with E-state index in [2.05, 4.69) is 63.2 Å². The molecule has 1 unspecified atom stereocenters. The lowest BCUT2D eigenvalue weighted by Gasteiger charge is -2.20. The smallest absolute Gasteiger partial charge is 0.0693 e. The van der Waals surface area contributed by atoms with E-state index in [0.29, 0.717) is 0 Å². The highest BCUT2D eigenvalue weighted by Crippen LogP contribution is 2.38. The summed E-state index contributed by atoms with van der Waals surface area (Å²) in [5.41, 5.74) is 1.21. The summed E-state index contributed by atoms with van der Waals surface area (Å²) in [4.78, 5) is 2.61. The van der Waals surface area contributed by atoms with Crippen LogP contribution in [-0.2, 0) is 0 Å². The lowest BCUT2D eigenvalue weighted by molar-refractivity contribution is 0.603. The van der Waals surface area contributed by atoms with E-state index in [9.17, 15) is 0 Å². The third-order valence-corrected chi connectivity index (χ3v) is 5.93. The first-order chi connectivity index (χ1) is 9.52. The Morgan fingerprint density at radius 1 is 1.25 bits per heavy atom. The first-order valence-electron chi connectivity index (χ1n) is 6.47. The molecule has 1 aromatic heterocycles. The van der Waals surface area contributed by atoms with Crippen molar-refractivity contribution in [3.8, 4) is 0 Å². The highest BCUT2D eigenvalue weighted by Gasteiger charge is 2.20. The maximum absolute atomic E-state index is 6.05. The van der Waals surface area contributed by atoms with Crippen LogP contribution in [0.15, 0.2) is 33.2 Å². The van der Waals surface area contributed by atoms with Crippen molar-refractivity contribution >= 4 is 54.8 Å². The van der Waals surface area contributed by atoms with Gasteiger partial charge in [-0.25, -0.2) is 0 Å². The van der Waals surface area contributed by atoms with Gasteiger partial charge in [-0.2, -0.15) is 0 Å². The normalized spacial score (nSPS) is 12.7. The molecule has 0 saturated heterocycles. The van der Waals surface area contributed by atoms with Crippen LogP contribution in [-0.4, -0.2) is 6.54 Å². The van der Waals surface area contributed by atoms with Gasteiger partial charge in [-0.1, -0.05) is 40.5 Å². The first-order valence-corrected chi connectivity index (χ1v) is 9.25. The predicted octanol–water partition coefficient (Wildman–Crippen LogP) is 6.32. The number of nitrogens with one attached hydrogen (secondary N) is 1. The zero-order chi connectivity index (χ0) is 14.7. The number of benzene rings is 1. The molecule has 1 atom stereocenters. The molecule has 1 nitrogen and oxygen atoms in total. The Bertz CT molecular complexity index is 598. The molecule has 0 spiro atoms. The molecule has 2 aromatic rings. The Morgan fingerprint density at radius 2 is 2.00 bits per heavy atom. The Hall–Kier alpha value is 0.130. The van der Waals surface area contributed by atoms with E-state index < -0.39 is 0 Å². The van der Waals surface area contributed by atoms with Gasteiger partial charge in [-0.05, 0) is 59.6 Å². The van der Waals surface area contributed by atoms with Crippen LogP contribution in [0.3, 0.4) is 0 Å². The third kappa shape index (κ3) is 3.86. The van der Waals surface area contributed by atoms with Crippen molar-refractivity contribution in [2.75, 3.05) is 6.54 Å². The molecule has 2 rings (SSSR count). The largest absolute Gasteiger partial charge is 0.306 e. The van der Waals surface area contributed by atoms with Gasteiger partial charge in [0.1, 0.15) is 0 Å². The molecular weight excluding hydrogens is 422 g/mol. The molecule has 0 amide bonds. The summed E-state index contributed by atoms with van der Waals surface area (Å²) in [6.07, 6.45) is 1.10. The Morgan fingerprint density at radius 3 is 2.55 bits per heavy atom. The Labute approximate surface area is 146 Å². The van der Waals surface area contributed by atoms with Crippen LogP contribution in [0, 0.1) is 6.92 Å². The van der Waals surface area contributed by atoms with Gasteiger partial charge in [-0.3, -0.25) is 0 Å². The molecule has 0 aliphatic rings. The minimum absolute atomic E-state index is 0.176. The van der Waals surface area contributed by atoms with E-state index in [4.69, 9.17) is 11.6 Å². The van der Waals surface area contributed by atoms with Crippen molar-refractivity contribution in [2.45, 2.75) is 26.3 Å². The molecule has 0 bridgehead atoms. The van der Waals surface area contributed by atoms with Crippen molar-refractivity contribution in [3.63, 3.8) is 0 Å². The second-order valence-electron chi connectivity index (χ2n) is 4.62. The molecule has 1 aromatic carbocycles. The second kappa shape index (κ2) is 7.41. The monoisotopic (exact) mass is 435 g/mol. The molecule has 0 saturated carbocycles. The van der Waals surface area contributed by atoms with Crippen LogP contribution in [0.2, 0.25) is 5.02 Å². The molecule has 0 radical (unpaired) electrons. The van der Waals surface area contributed by atoms with E-state index in [0.717, 1.165) is 26.9 Å². The SMILES string of the molecule is CCCNC(c1ccc(Cl)cc1Br)c1sc(C)cc1Br. The number of aryl methyl sites for hydroxylation is 1. The average Bonchev–Trinajstić information content (AvgIpc) is 2.71. The van der Waals surface area contributed by atoms with E-state index >= 15 is 0 Å². The summed E-state index contributed by atoms with van der Waals surface area (Å²) < 4.78 is 2.20. The maximum atomic E-state index is 6.05. The second-order valence-corrected chi connectivity index (χ2v) is 8.06. The number of halogens is 3. The highest BCUT2D eigenvalue weighted by atomic mass is 79.9. The van der Waals surface area contributed by atoms with Crippen molar-refractivity contribution in [1.29, 1.82) is 0 Å². The molecule has 20 heavy (non-hydrogen) atoms. The van der Waals surface area contributed by atoms with Gasteiger partial charge >= 0.3 is 0 Å². The summed E-state index contributed by atoms with van der Waals surface area (Å²) in [7, 11) is 0. The Kier molecular flexibility index (Phi) is 6.11. The van der Waals surface area contributed by atoms with E-state index in [1.54, 1.807) is 0 Å². The molecule has 1 heterocycles. The minimum Gasteiger partial charge on any atom is -0.306 e. The lowest BCUT2D eigenvalue weighted by Crippen LogP contribution is -2.23. The highest BCUT2D eigenvalue weighted by molar-refractivity contribution is 9.10. The van der Waals surface area contributed by atoms with Gasteiger partial charge in [0.25, 0.3) is 0 Å². The molecular formula is C15H16Br2ClNS. The molecule has 0 fully saturated rings. The summed E-state index contributed by atoms with van der Waals surface area (Å²) in [6.45, 7) is 5.28. The van der Waals surface area contributed by atoms with Crippen LogP contribution in [0.1, 0.15) is 34.7 Å². The summed E-state index contributed by atoms with van der Waals surface area (Å²) in [5.74, 6) is 0. The lowest BCUT2D eigenvalue weighted by atomic mass is 10.1. The quantitative estimate of drug-likeness (QED) is 0.577. The summed E-state index contributed by atoms with van der Waals surface area (Å²) in [5, 5.41) is 4.37. The van der Waals surface area contributed by atoms with Crippen molar-refractivity contribution in [1.82, 2.24) is 5.32 Å². The maximum Gasteiger partial charge on any atom is 0.0693 e. The predicted molar refractivity (Wildman–Crippen MR) is 96.0 cm³/mol. The van der Waals surface area contributed by atoms with Gasteiger partial charge in [0.15, 0.2) is 0 Å². The number of thiophene rings is 1. The number of hydrogen-bond acceptors (Lipinski definition) is 2. The van der Waals surface area contributed by atoms with Crippen molar-refractivity contribution < 1.29 is 0 Å². The fourth-order valence-electron chi connectivity index (χ4n) is 2.07. The summed E-state index contributed by atoms with van der Waals surface area (Å²) >= 11 is 15.2. The van der Waals surface area contributed by atoms with E-state index in [1.807, 2.05) is 23.5 Å². The topological polar surface area (TPSA) is 12.0 Å². The van der Waals surface area contributed by atoms with Crippen molar-refractivity contribution in [3.05, 3.63) is 53.6 Å². The van der Waals surface area contributed by atoms with Gasteiger partial charge in [0.2, 0.25) is 0 Å². The van der Waals surface area contributed by atoms with Crippen LogP contribution in [0.25, 0.3) is 0 Å².